The fraction of sp³-hybridized carbons (Fsp3) is 0.588. The number of rotatable bonds is 7. The second-order valence-corrected chi connectivity index (χ2v) is 5.66. The maximum absolute atomic E-state index is 8.77. The highest BCUT2D eigenvalue weighted by molar-refractivity contribution is 5.34. The molecule has 1 fully saturated rings. The van der Waals surface area contributed by atoms with E-state index in [1.807, 2.05) is 12.1 Å². The van der Waals surface area contributed by atoms with E-state index in [2.05, 4.69) is 22.8 Å². The molecule has 0 aromatic heterocycles. The molecule has 0 spiro atoms. The Bertz CT molecular complexity index is 484. The zero-order chi connectivity index (χ0) is 15.8. The zero-order valence-corrected chi connectivity index (χ0v) is 13.5. The molecule has 0 bridgehead atoms. The van der Waals surface area contributed by atoms with Gasteiger partial charge in [0.1, 0.15) is 12.4 Å². The summed E-state index contributed by atoms with van der Waals surface area (Å²) in [4.78, 5) is 4.92. The number of hydrogen-bond donors (Lipinski definition) is 0. The standard InChI is InChI=1S/C17H25N3O2/c1-15-14-19(7-8-20(15)10-11-21-2)9-12-22-17-5-3-16(13-18)4-6-17/h3-6,15H,7-12,14H2,1-2H3/t15-/m0/s1. The molecule has 1 aromatic carbocycles. The molecule has 1 aromatic rings. The monoisotopic (exact) mass is 303 g/mol. The van der Waals surface area contributed by atoms with Crippen LogP contribution in [0.15, 0.2) is 24.3 Å². The predicted octanol–water partition coefficient (Wildman–Crippen LogP) is 1.59. The molecule has 1 heterocycles. The van der Waals surface area contributed by atoms with E-state index in [-0.39, 0.29) is 0 Å². The van der Waals surface area contributed by atoms with Gasteiger partial charge in [0, 0.05) is 45.9 Å². The number of piperazine rings is 1. The average molecular weight is 303 g/mol. The highest BCUT2D eigenvalue weighted by atomic mass is 16.5. The van der Waals surface area contributed by atoms with E-state index in [1.165, 1.54) is 0 Å². The van der Waals surface area contributed by atoms with E-state index in [0.717, 1.165) is 45.1 Å². The van der Waals surface area contributed by atoms with Gasteiger partial charge in [-0.2, -0.15) is 5.26 Å². The largest absolute Gasteiger partial charge is 0.492 e. The Hall–Kier alpha value is -1.61. The Balaban J connectivity index is 1.68. The van der Waals surface area contributed by atoms with Crippen molar-refractivity contribution >= 4 is 0 Å². The summed E-state index contributed by atoms with van der Waals surface area (Å²) < 4.78 is 10.9. The lowest BCUT2D eigenvalue weighted by Crippen LogP contribution is -2.53. The number of methoxy groups -OCH3 is 1. The van der Waals surface area contributed by atoms with Gasteiger partial charge in [-0.3, -0.25) is 9.80 Å². The maximum atomic E-state index is 8.77. The third-order valence-electron chi connectivity index (χ3n) is 4.09. The van der Waals surface area contributed by atoms with E-state index in [9.17, 15) is 0 Å². The van der Waals surface area contributed by atoms with Gasteiger partial charge in [0.15, 0.2) is 0 Å². The van der Waals surface area contributed by atoms with Crippen LogP contribution in [0.2, 0.25) is 0 Å². The van der Waals surface area contributed by atoms with Gasteiger partial charge >= 0.3 is 0 Å². The smallest absolute Gasteiger partial charge is 0.119 e. The summed E-state index contributed by atoms with van der Waals surface area (Å²) in [6, 6.07) is 9.93. The average Bonchev–Trinajstić information content (AvgIpc) is 2.55. The summed E-state index contributed by atoms with van der Waals surface area (Å²) >= 11 is 0. The first-order valence-corrected chi connectivity index (χ1v) is 7.81. The molecule has 2 rings (SSSR count). The van der Waals surface area contributed by atoms with Gasteiger partial charge in [-0.15, -0.1) is 0 Å². The lowest BCUT2D eigenvalue weighted by molar-refractivity contribution is 0.0531. The van der Waals surface area contributed by atoms with Gasteiger partial charge in [0.2, 0.25) is 0 Å². The first-order valence-electron chi connectivity index (χ1n) is 7.81. The Morgan fingerprint density at radius 2 is 1.95 bits per heavy atom. The fourth-order valence-electron chi connectivity index (χ4n) is 2.73. The Labute approximate surface area is 133 Å². The van der Waals surface area contributed by atoms with Crippen molar-refractivity contribution in [3.05, 3.63) is 29.8 Å². The second kappa shape index (κ2) is 8.74. The van der Waals surface area contributed by atoms with Crippen LogP contribution in [-0.4, -0.2) is 68.9 Å². The van der Waals surface area contributed by atoms with Gasteiger partial charge in [-0.1, -0.05) is 0 Å². The molecule has 5 nitrogen and oxygen atoms in total. The SMILES string of the molecule is COCCN1CCN(CCOc2ccc(C#N)cc2)C[C@@H]1C. The van der Waals surface area contributed by atoms with Crippen molar-refractivity contribution in [1.29, 1.82) is 5.26 Å². The molecule has 0 N–H and O–H groups in total. The van der Waals surface area contributed by atoms with Gasteiger partial charge in [0.25, 0.3) is 0 Å². The van der Waals surface area contributed by atoms with Crippen LogP contribution in [0.3, 0.4) is 0 Å². The molecule has 120 valence electrons. The molecule has 1 saturated heterocycles. The van der Waals surface area contributed by atoms with Gasteiger partial charge in [-0.05, 0) is 31.2 Å². The summed E-state index contributed by atoms with van der Waals surface area (Å²) in [5, 5.41) is 8.77. The Kier molecular flexibility index (Phi) is 6.66. The molecule has 5 heteroatoms. The van der Waals surface area contributed by atoms with Gasteiger partial charge in [0.05, 0.1) is 18.2 Å². The second-order valence-electron chi connectivity index (χ2n) is 5.66. The Morgan fingerprint density at radius 1 is 1.18 bits per heavy atom. The topological polar surface area (TPSA) is 48.7 Å². The zero-order valence-electron chi connectivity index (χ0n) is 13.5. The van der Waals surface area contributed by atoms with Crippen LogP contribution in [0.1, 0.15) is 12.5 Å². The quantitative estimate of drug-likeness (QED) is 0.765. The number of benzene rings is 1. The minimum Gasteiger partial charge on any atom is -0.492 e. The van der Waals surface area contributed by atoms with Crippen LogP contribution < -0.4 is 4.74 Å². The minimum atomic E-state index is 0.554. The van der Waals surface area contributed by atoms with E-state index in [1.54, 1.807) is 19.2 Å². The van der Waals surface area contributed by atoms with Crippen molar-refractivity contribution in [3.63, 3.8) is 0 Å². The van der Waals surface area contributed by atoms with Crippen LogP contribution in [0, 0.1) is 11.3 Å². The lowest BCUT2D eigenvalue weighted by Gasteiger charge is -2.39. The summed E-state index contributed by atoms with van der Waals surface area (Å²) in [5.41, 5.74) is 0.661. The Morgan fingerprint density at radius 3 is 2.59 bits per heavy atom. The number of ether oxygens (including phenoxy) is 2. The third-order valence-corrected chi connectivity index (χ3v) is 4.09. The van der Waals surface area contributed by atoms with Crippen molar-refractivity contribution < 1.29 is 9.47 Å². The minimum absolute atomic E-state index is 0.554. The molecular formula is C17H25N3O2. The van der Waals surface area contributed by atoms with E-state index in [4.69, 9.17) is 14.7 Å². The fourth-order valence-corrected chi connectivity index (χ4v) is 2.73. The molecule has 0 saturated carbocycles. The highest BCUT2D eigenvalue weighted by Crippen LogP contribution is 2.12. The van der Waals surface area contributed by atoms with E-state index < -0.39 is 0 Å². The van der Waals surface area contributed by atoms with Crippen LogP contribution in [0.25, 0.3) is 0 Å². The molecule has 0 unspecified atom stereocenters. The normalized spacial score (nSPS) is 19.8. The third kappa shape index (κ3) is 4.99. The number of nitrogens with zero attached hydrogens (tertiary/aromatic N) is 3. The first-order chi connectivity index (χ1) is 10.7. The summed E-state index contributed by atoms with van der Waals surface area (Å²) in [5.74, 6) is 0.825. The van der Waals surface area contributed by atoms with Crippen molar-refractivity contribution in [3.8, 4) is 11.8 Å². The van der Waals surface area contributed by atoms with Crippen molar-refractivity contribution in [2.45, 2.75) is 13.0 Å². The predicted molar refractivity (Wildman–Crippen MR) is 86.0 cm³/mol. The van der Waals surface area contributed by atoms with Crippen molar-refractivity contribution in [1.82, 2.24) is 9.80 Å². The van der Waals surface area contributed by atoms with Gasteiger partial charge in [-0.25, -0.2) is 0 Å². The molecule has 1 aliphatic heterocycles. The van der Waals surface area contributed by atoms with Gasteiger partial charge < -0.3 is 9.47 Å². The number of nitriles is 1. The summed E-state index contributed by atoms with van der Waals surface area (Å²) in [6.45, 7) is 8.91. The molecule has 1 aliphatic rings. The lowest BCUT2D eigenvalue weighted by atomic mass is 10.2. The molecule has 0 radical (unpaired) electrons. The molecular weight excluding hydrogens is 278 g/mol. The maximum Gasteiger partial charge on any atom is 0.119 e. The highest BCUT2D eigenvalue weighted by Gasteiger charge is 2.22. The van der Waals surface area contributed by atoms with Crippen LogP contribution >= 0.6 is 0 Å². The van der Waals surface area contributed by atoms with Crippen molar-refractivity contribution in [2.24, 2.45) is 0 Å². The van der Waals surface area contributed by atoms with E-state index >= 15 is 0 Å². The summed E-state index contributed by atoms with van der Waals surface area (Å²) in [6.07, 6.45) is 0. The van der Waals surface area contributed by atoms with Crippen molar-refractivity contribution in [2.75, 3.05) is 53.0 Å². The van der Waals surface area contributed by atoms with Crippen LogP contribution in [0.5, 0.6) is 5.75 Å². The molecule has 0 amide bonds. The summed E-state index contributed by atoms with van der Waals surface area (Å²) in [7, 11) is 1.75. The van der Waals surface area contributed by atoms with Crippen LogP contribution in [0.4, 0.5) is 0 Å². The molecule has 1 atom stereocenters. The van der Waals surface area contributed by atoms with Crippen LogP contribution in [-0.2, 0) is 4.74 Å². The molecule has 22 heavy (non-hydrogen) atoms. The van der Waals surface area contributed by atoms with E-state index in [0.29, 0.717) is 18.2 Å². The first kappa shape index (κ1) is 16.8. The molecule has 0 aliphatic carbocycles. The number of hydrogen-bond acceptors (Lipinski definition) is 5.